The highest BCUT2D eigenvalue weighted by atomic mass is 32.1. The van der Waals surface area contributed by atoms with E-state index >= 15 is 0 Å². The minimum atomic E-state index is -4.81. The van der Waals surface area contributed by atoms with Crippen molar-refractivity contribution in [2.45, 2.75) is 90.8 Å². The van der Waals surface area contributed by atoms with Gasteiger partial charge in [0.25, 0.3) is 5.91 Å². The van der Waals surface area contributed by atoms with E-state index in [-0.39, 0.29) is 56.7 Å². The molecule has 4 aromatic rings. The van der Waals surface area contributed by atoms with Crippen molar-refractivity contribution in [3.8, 4) is 22.3 Å². The van der Waals surface area contributed by atoms with Crippen LogP contribution < -0.4 is 25.2 Å². The number of hydrogen-bond acceptors (Lipinski definition) is 13. The Kier molecular flexibility index (Phi) is 17.3. The highest BCUT2D eigenvalue weighted by Gasteiger charge is 2.51. The second-order valence-electron chi connectivity index (χ2n) is 18.2. The van der Waals surface area contributed by atoms with Crippen LogP contribution >= 0.6 is 23.6 Å². The van der Waals surface area contributed by atoms with E-state index in [0.717, 1.165) is 38.7 Å². The summed E-state index contributed by atoms with van der Waals surface area (Å²) in [5.74, 6) is -0.952. The quantitative estimate of drug-likeness (QED) is 0.0634. The number of halogens is 3. The highest BCUT2D eigenvalue weighted by Crippen LogP contribution is 2.40. The smallest absolute Gasteiger partial charge is 0.417 e. The van der Waals surface area contributed by atoms with Crippen LogP contribution in [-0.4, -0.2) is 114 Å². The molecule has 6 rings (SSSR count). The Hall–Kier alpha value is -6.18. The van der Waals surface area contributed by atoms with Gasteiger partial charge < -0.3 is 44.5 Å². The number of amides is 4. The highest BCUT2D eigenvalue weighted by molar-refractivity contribution is 7.81. The summed E-state index contributed by atoms with van der Waals surface area (Å²) in [5, 5.41) is 25.2. The summed E-state index contributed by atoms with van der Waals surface area (Å²) in [5.41, 5.74) is 1.31. The zero-order valence-corrected chi connectivity index (χ0v) is 41.3. The largest absolute Gasteiger partial charge is 0.491 e. The molecule has 0 radical (unpaired) electrons. The Labute approximate surface area is 413 Å². The van der Waals surface area contributed by atoms with Crippen molar-refractivity contribution < 1.29 is 56.4 Å². The minimum Gasteiger partial charge on any atom is -0.491 e. The van der Waals surface area contributed by atoms with Crippen molar-refractivity contribution in [3.05, 3.63) is 94.6 Å². The average molecular weight is 1010 g/mol. The van der Waals surface area contributed by atoms with Gasteiger partial charge in [-0.3, -0.25) is 19.3 Å². The number of carbonyl (C=O) groups is 4. The first-order chi connectivity index (χ1) is 33.1. The molecule has 2 saturated heterocycles. The van der Waals surface area contributed by atoms with Gasteiger partial charge in [0.05, 0.1) is 58.3 Å². The molecule has 16 nitrogen and oxygen atoms in total. The third-order valence-corrected chi connectivity index (χ3v) is 13.0. The Bertz CT molecular complexity index is 2560. The molecular weight excluding hydrogens is 952 g/mol. The van der Waals surface area contributed by atoms with E-state index in [9.17, 15) is 42.7 Å². The van der Waals surface area contributed by atoms with Crippen molar-refractivity contribution in [1.29, 1.82) is 5.26 Å². The van der Waals surface area contributed by atoms with Gasteiger partial charge in [-0.05, 0) is 98.4 Å². The van der Waals surface area contributed by atoms with Crippen LogP contribution in [0.4, 0.5) is 29.3 Å². The number of likely N-dealkylation sites (tertiary alicyclic amines) is 1. The van der Waals surface area contributed by atoms with Gasteiger partial charge >= 0.3 is 12.3 Å². The molecule has 0 bridgehead atoms. The van der Waals surface area contributed by atoms with Crippen molar-refractivity contribution in [3.63, 3.8) is 0 Å². The fourth-order valence-corrected chi connectivity index (χ4v) is 9.30. The van der Waals surface area contributed by atoms with Crippen molar-refractivity contribution >= 4 is 63.9 Å². The number of thiazole rings is 1. The summed E-state index contributed by atoms with van der Waals surface area (Å²) in [7, 11) is 0. The molecule has 0 unspecified atom stereocenters. The fourth-order valence-electron chi connectivity index (χ4n) is 7.97. The number of nitriles is 1. The van der Waals surface area contributed by atoms with Crippen molar-refractivity contribution in [1.82, 2.24) is 20.5 Å². The molecule has 3 atom stereocenters. The normalized spacial score (nSPS) is 17.4. The molecule has 374 valence electrons. The van der Waals surface area contributed by atoms with E-state index in [1.54, 1.807) is 80.6 Å². The van der Waals surface area contributed by atoms with Crippen molar-refractivity contribution in [2.24, 2.45) is 5.41 Å². The summed E-state index contributed by atoms with van der Waals surface area (Å²) < 4.78 is 63.4. The molecule has 3 aromatic carbocycles. The van der Waals surface area contributed by atoms with Gasteiger partial charge in [-0.15, -0.1) is 11.3 Å². The van der Waals surface area contributed by atoms with E-state index in [1.807, 2.05) is 31.2 Å². The monoisotopic (exact) mass is 1010 g/mol. The Morgan fingerprint density at radius 3 is 2.24 bits per heavy atom. The lowest BCUT2D eigenvalue weighted by Crippen LogP contribution is -2.57. The molecule has 0 saturated carbocycles. The molecule has 4 amide bonds. The number of β-amino-alcohol motifs (C(OH)–C–C–N with tert-alkyl or cyclic N) is 1. The first-order valence-corrected chi connectivity index (χ1v) is 23.8. The van der Waals surface area contributed by atoms with E-state index < -0.39 is 70.3 Å². The maximum absolute atomic E-state index is 13.9. The number of carbonyl (C=O) groups excluding carboxylic acids is 4. The zero-order chi connectivity index (χ0) is 51.0. The Balaban J connectivity index is 0.867. The van der Waals surface area contributed by atoms with Gasteiger partial charge in [-0.25, -0.2) is 9.78 Å². The third kappa shape index (κ3) is 12.8. The van der Waals surface area contributed by atoms with Crippen LogP contribution in [0.1, 0.15) is 69.8 Å². The zero-order valence-electron chi connectivity index (χ0n) is 39.6. The molecule has 1 aromatic heterocycles. The molecule has 3 heterocycles. The standard InChI is InChI=1S/C49H56F3N7O9S2/c1-30-40(70-29-55-30)32-10-8-31(9-11-32)27-54-42(61)39-25-36(60)28-57(39)43(62)41(47(2,3)4)56-45(64)68-23-21-66-19-7-18-65-20-22-67-37-16-14-34(15-17-37)59-46(69)58(44(63)48(59,5)6)35-13-12-33(26-53)38(24-35)49(50,51)52/h8-17,24,29,36,39,41,60H,7,18-23,25,27-28H2,1-6H3,(H,54,61)(H,56,64)/t36-,39+,41-/m1/s1. The molecule has 3 N–H and O–H groups in total. The Morgan fingerprint density at radius 1 is 0.971 bits per heavy atom. The lowest BCUT2D eigenvalue weighted by molar-refractivity contribution is -0.142. The number of thiocarbonyl (C=S) groups is 1. The first-order valence-electron chi connectivity index (χ1n) is 22.5. The number of aliphatic hydroxyl groups excluding tert-OH is 1. The molecule has 70 heavy (non-hydrogen) atoms. The van der Waals surface area contributed by atoms with Crippen LogP contribution in [0.25, 0.3) is 10.4 Å². The SMILES string of the molecule is Cc1ncsc1-c1ccc(CNC(=O)[C@@H]2C[C@@H](O)CN2C(=O)[C@@H](NC(=O)OCCOCCCOCCOc2ccc(N3C(=S)N(c4ccc(C#N)c(C(F)(F)F)c4)C(=O)C3(C)C)cc2)C(C)(C)C)cc1. The number of rotatable bonds is 19. The number of anilines is 2. The van der Waals surface area contributed by atoms with Crippen LogP contribution in [-0.2, 0) is 41.3 Å². The number of benzene rings is 3. The second kappa shape index (κ2) is 22.7. The number of hydrogen-bond donors (Lipinski definition) is 3. The predicted molar refractivity (Wildman–Crippen MR) is 259 cm³/mol. The topological polar surface area (TPSA) is 196 Å². The third-order valence-electron chi connectivity index (χ3n) is 11.7. The fraction of sp³-hybridized carbons (Fsp3) is 0.449. The number of nitrogens with zero attached hydrogens (tertiary/aromatic N) is 5. The second-order valence-corrected chi connectivity index (χ2v) is 19.5. The van der Waals surface area contributed by atoms with Gasteiger partial charge in [0.15, 0.2) is 5.11 Å². The summed E-state index contributed by atoms with van der Waals surface area (Å²) in [6.45, 7) is 11.8. The van der Waals surface area contributed by atoms with Crippen LogP contribution in [0.5, 0.6) is 5.75 Å². The molecule has 21 heteroatoms. The van der Waals surface area contributed by atoms with Crippen LogP contribution in [0.15, 0.2) is 72.2 Å². The van der Waals surface area contributed by atoms with E-state index in [1.165, 1.54) is 17.0 Å². The lowest BCUT2D eigenvalue weighted by atomic mass is 9.85. The van der Waals surface area contributed by atoms with Crippen LogP contribution in [0.3, 0.4) is 0 Å². The maximum Gasteiger partial charge on any atom is 0.417 e. The van der Waals surface area contributed by atoms with Crippen molar-refractivity contribution in [2.75, 3.05) is 56.0 Å². The first kappa shape index (κ1) is 53.2. The lowest BCUT2D eigenvalue weighted by Gasteiger charge is -2.35. The van der Waals surface area contributed by atoms with Gasteiger partial charge in [0.1, 0.15) is 36.6 Å². The molecular formula is C49H56F3N7O9S2. The van der Waals surface area contributed by atoms with Gasteiger partial charge in [0.2, 0.25) is 11.8 Å². The van der Waals surface area contributed by atoms with Crippen LogP contribution in [0, 0.1) is 23.7 Å². The van der Waals surface area contributed by atoms with E-state index in [2.05, 4.69) is 15.6 Å². The number of alkyl carbamates (subject to hydrolysis) is 1. The van der Waals surface area contributed by atoms with Crippen LogP contribution in [0.2, 0.25) is 0 Å². The van der Waals surface area contributed by atoms with E-state index in [4.69, 9.17) is 31.2 Å². The number of aliphatic hydroxyl groups is 1. The molecule has 0 spiro atoms. The number of nitrogens with one attached hydrogen (secondary N) is 2. The average Bonchev–Trinajstić information content (AvgIpc) is 3.98. The minimum absolute atomic E-state index is 0.0223. The predicted octanol–water partition coefficient (Wildman–Crippen LogP) is 7.15. The van der Waals surface area contributed by atoms with E-state index in [0.29, 0.717) is 31.1 Å². The number of aryl methyl sites for hydroxylation is 1. The summed E-state index contributed by atoms with van der Waals surface area (Å²) in [6, 6.07) is 17.1. The number of aromatic nitrogens is 1. The molecule has 2 aliphatic heterocycles. The number of alkyl halides is 3. The Morgan fingerprint density at radius 2 is 1.63 bits per heavy atom. The van der Waals surface area contributed by atoms with Gasteiger partial charge in [-0.2, -0.15) is 18.4 Å². The molecule has 2 fully saturated rings. The van der Waals surface area contributed by atoms with Gasteiger partial charge in [0, 0.05) is 38.4 Å². The van der Waals surface area contributed by atoms with Gasteiger partial charge in [-0.1, -0.05) is 45.0 Å². The number of ether oxygens (including phenoxy) is 4. The molecule has 2 aliphatic rings. The summed E-state index contributed by atoms with van der Waals surface area (Å²) in [4.78, 5) is 63.0. The molecule has 0 aliphatic carbocycles. The summed E-state index contributed by atoms with van der Waals surface area (Å²) in [6.07, 6.45) is -5.95. The maximum atomic E-state index is 13.9. The summed E-state index contributed by atoms with van der Waals surface area (Å²) >= 11 is 7.16.